The molecule has 68 valence electrons. The zero-order chi connectivity index (χ0) is 8.74. The Bertz CT molecular complexity index is 159. The number of ether oxygens (including phenoxy) is 2. The van der Waals surface area contributed by atoms with Gasteiger partial charge in [0.15, 0.2) is 13.6 Å². The molecule has 0 aliphatic heterocycles. The van der Waals surface area contributed by atoms with Crippen LogP contribution in [-0.2, 0) is 28.2 Å². The molecule has 0 amide bonds. The second kappa shape index (κ2) is 5.44. The van der Waals surface area contributed by atoms with Crippen LogP contribution in [0.3, 0.4) is 0 Å². The summed E-state index contributed by atoms with van der Waals surface area (Å²) in [6.45, 7) is -0.738. The van der Waals surface area contributed by atoms with E-state index in [9.17, 15) is 8.42 Å². The van der Waals surface area contributed by atoms with E-state index in [0.29, 0.717) is 0 Å². The summed E-state index contributed by atoms with van der Waals surface area (Å²) in [7, 11) is -1.36. The topological polar surface area (TPSA) is 71.1 Å². The van der Waals surface area contributed by atoms with Gasteiger partial charge in [-0.25, -0.2) is 8.37 Å². The van der Waals surface area contributed by atoms with Crippen LogP contribution in [0.15, 0.2) is 0 Å². The third-order valence-electron chi connectivity index (χ3n) is 0.621. The van der Waals surface area contributed by atoms with Gasteiger partial charge in [-0.1, -0.05) is 0 Å². The molecular weight excluding hydrogens is 176 g/mol. The molecule has 0 spiro atoms. The minimum atomic E-state index is -3.96. The molecule has 0 unspecified atom stereocenters. The molecule has 0 aromatic rings. The third-order valence-corrected chi connectivity index (χ3v) is 1.39. The van der Waals surface area contributed by atoms with Crippen LogP contribution in [0.2, 0.25) is 0 Å². The summed E-state index contributed by atoms with van der Waals surface area (Å²) in [6.07, 6.45) is 0. The van der Waals surface area contributed by atoms with Crippen molar-refractivity contribution in [2.24, 2.45) is 0 Å². The van der Waals surface area contributed by atoms with Crippen LogP contribution in [0.5, 0.6) is 0 Å². The van der Waals surface area contributed by atoms with Crippen molar-refractivity contribution in [1.29, 1.82) is 0 Å². The highest BCUT2D eigenvalue weighted by Crippen LogP contribution is 1.94. The molecule has 0 fully saturated rings. The Morgan fingerprint density at radius 2 is 1.36 bits per heavy atom. The average molecular weight is 186 g/mol. The first-order valence-corrected chi connectivity index (χ1v) is 3.97. The lowest BCUT2D eigenvalue weighted by Gasteiger charge is -2.02. The van der Waals surface area contributed by atoms with Gasteiger partial charge >= 0.3 is 10.4 Å². The highest BCUT2D eigenvalue weighted by molar-refractivity contribution is 7.81. The average Bonchev–Trinajstić information content (AvgIpc) is 1.97. The van der Waals surface area contributed by atoms with Crippen LogP contribution in [0, 0.1) is 0 Å². The summed E-state index contributed by atoms with van der Waals surface area (Å²) < 4.78 is 38.0. The van der Waals surface area contributed by atoms with E-state index in [-0.39, 0.29) is 13.6 Å². The summed E-state index contributed by atoms with van der Waals surface area (Å²) in [5.41, 5.74) is 0. The lowest BCUT2D eigenvalue weighted by atomic mass is 11.4. The van der Waals surface area contributed by atoms with Gasteiger partial charge in [-0.15, -0.1) is 0 Å². The zero-order valence-corrected chi connectivity index (χ0v) is 7.09. The van der Waals surface area contributed by atoms with E-state index in [4.69, 9.17) is 0 Å². The van der Waals surface area contributed by atoms with Gasteiger partial charge in [0.05, 0.1) is 0 Å². The smallest absolute Gasteiger partial charge is 0.357 e. The standard InChI is InChI=1S/C4H10O6S/c1-7-3-9-11(5,6)10-4-8-2/h3-4H2,1-2H3. The summed E-state index contributed by atoms with van der Waals surface area (Å²) in [6, 6.07) is 0. The summed E-state index contributed by atoms with van der Waals surface area (Å²) in [5, 5.41) is 0. The monoisotopic (exact) mass is 186 g/mol. The fourth-order valence-corrected chi connectivity index (χ4v) is 0.744. The SMILES string of the molecule is COCOS(=O)(=O)OCOC. The molecule has 0 aromatic heterocycles. The van der Waals surface area contributed by atoms with E-state index in [0.717, 1.165) is 0 Å². The first-order valence-electron chi connectivity index (χ1n) is 2.64. The maximum atomic E-state index is 10.5. The molecule has 0 aromatic carbocycles. The first-order chi connectivity index (χ1) is 5.12. The molecule has 7 heteroatoms. The van der Waals surface area contributed by atoms with Gasteiger partial charge in [0.2, 0.25) is 0 Å². The Hall–Kier alpha value is -0.210. The predicted octanol–water partition coefficient (Wildman–Crippen LogP) is -0.528. The van der Waals surface area contributed by atoms with Crippen molar-refractivity contribution in [3.8, 4) is 0 Å². The largest absolute Gasteiger partial charge is 0.404 e. The number of hydrogen-bond donors (Lipinski definition) is 0. The minimum Gasteiger partial charge on any atom is -0.357 e. The van der Waals surface area contributed by atoms with E-state index < -0.39 is 10.4 Å². The Morgan fingerprint density at radius 3 is 1.64 bits per heavy atom. The third kappa shape index (κ3) is 6.20. The Labute approximate surface area is 65.3 Å². The van der Waals surface area contributed by atoms with E-state index >= 15 is 0 Å². The van der Waals surface area contributed by atoms with Crippen molar-refractivity contribution in [2.45, 2.75) is 0 Å². The summed E-state index contributed by atoms with van der Waals surface area (Å²) in [4.78, 5) is 0. The fourth-order valence-electron chi connectivity index (χ4n) is 0.248. The van der Waals surface area contributed by atoms with Crippen LogP contribution >= 0.6 is 0 Å². The maximum absolute atomic E-state index is 10.5. The first kappa shape index (κ1) is 10.8. The second-order valence-corrected chi connectivity index (χ2v) is 2.74. The fraction of sp³-hybridized carbons (Fsp3) is 1.00. The number of hydrogen-bond acceptors (Lipinski definition) is 6. The second-order valence-electron chi connectivity index (χ2n) is 1.46. The maximum Gasteiger partial charge on any atom is 0.404 e. The summed E-state index contributed by atoms with van der Waals surface area (Å²) in [5.74, 6) is 0. The van der Waals surface area contributed by atoms with Gasteiger partial charge in [-0.3, -0.25) is 0 Å². The van der Waals surface area contributed by atoms with Gasteiger partial charge in [-0.2, -0.15) is 8.42 Å². The van der Waals surface area contributed by atoms with Crippen LogP contribution in [0.25, 0.3) is 0 Å². The molecule has 0 rings (SSSR count). The molecule has 0 atom stereocenters. The van der Waals surface area contributed by atoms with Crippen LogP contribution in [-0.4, -0.2) is 36.2 Å². The number of rotatable bonds is 6. The van der Waals surface area contributed by atoms with Crippen molar-refractivity contribution < 1.29 is 26.3 Å². The Morgan fingerprint density at radius 1 is 1.00 bits per heavy atom. The van der Waals surface area contributed by atoms with Crippen molar-refractivity contribution in [3.05, 3.63) is 0 Å². The molecular formula is C4H10O6S. The number of methoxy groups -OCH3 is 2. The van der Waals surface area contributed by atoms with Gasteiger partial charge in [0, 0.05) is 14.2 Å². The van der Waals surface area contributed by atoms with Gasteiger partial charge in [0.25, 0.3) is 0 Å². The highest BCUT2D eigenvalue weighted by atomic mass is 32.3. The zero-order valence-electron chi connectivity index (χ0n) is 6.27. The molecule has 6 nitrogen and oxygen atoms in total. The molecule has 0 radical (unpaired) electrons. The molecule has 0 saturated heterocycles. The van der Waals surface area contributed by atoms with E-state index in [1.54, 1.807) is 0 Å². The summed E-state index contributed by atoms with van der Waals surface area (Å²) >= 11 is 0. The molecule has 0 aliphatic carbocycles. The highest BCUT2D eigenvalue weighted by Gasteiger charge is 2.10. The lowest BCUT2D eigenvalue weighted by Crippen LogP contribution is -2.13. The Balaban J connectivity index is 3.63. The normalized spacial score (nSPS) is 11.8. The quantitative estimate of drug-likeness (QED) is 0.519. The van der Waals surface area contributed by atoms with E-state index in [1.165, 1.54) is 14.2 Å². The van der Waals surface area contributed by atoms with E-state index in [1.807, 2.05) is 0 Å². The van der Waals surface area contributed by atoms with Crippen molar-refractivity contribution in [2.75, 3.05) is 27.8 Å². The van der Waals surface area contributed by atoms with Crippen LogP contribution in [0.1, 0.15) is 0 Å². The van der Waals surface area contributed by atoms with E-state index in [2.05, 4.69) is 17.8 Å². The van der Waals surface area contributed by atoms with Gasteiger partial charge in [-0.05, 0) is 0 Å². The predicted molar refractivity (Wildman–Crippen MR) is 34.8 cm³/mol. The molecule has 0 bridgehead atoms. The Kier molecular flexibility index (Phi) is 5.34. The molecule has 0 aliphatic rings. The lowest BCUT2D eigenvalue weighted by molar-refractivity contribution is 0.00990. The molecule has 0 N–H and O–H groups in total. The van der Waals surface area contributed by atoms with Gasteiger partial charge < -0.3 is 9.47 Å². The molecule has 11 heavy (non-hydrogen) atoms. The molecule has 0 saturated carbocycles. The molecule has 0 heterocycles. The van der Waals surface area contributed by atoms with Crippen molar-refractivity contribution in [3.63, 3.8) is 0 Å². The van der Waals surface area contributed by atoms with Crippen molar-refractivity contribution in [1.82, 2.24) is 0 Å². The van der Waals surface area contributed by atoms with Crippen LogP contribution in [0.4, 0.5) is 0 Å². The minimum absolute atomic E-state index is 0.369. The van der Waals surface area contributed by atoms with Crippen LogP contribution < -0.4 is 0 Å². The van der Waals surface area contributed by atoms with Gasteiger partial charge in [0.1, 0.15) is 0 Å². The van der Waals surface area contributed by atoms with Crippen molar-refractivity contribution >= 4 is 10.4 Å².